The minimum atomic E-state index is -2.47. The number of urea groups is 1. The smallest absolute Gasteiger partial charge is 0.320 e. The molecular formula is C16H22F2N4O2. The molecule has 2 amide bonds. The van der Waals surface area contributed by atoms with Gasteiger partial charge in [0.25, 0.3) is 6.43 Å². The molecule has 0 radical (unpaired) electrons. The molecule has 1 aromatic heterocycles. The Bertz CT molecular complexity index is 615. The van der Waals surface area contributed by atoms with Gasteiger partial charge in [-0.2, -0.15) is 5.10 Å². The first-order valence-corrected chi connectivity index (χ1v) is 8.59. The summed E-state index contributed by atoms with van der Waals surface area (Å²) in [5.74, 6) is 0.678. The van der Waals surface area contributed by atoms with Crippen LogP contribution in [0.3, 0.4) is 0 Å². The summed E-state index contributed by atoms with van der Waals surface area (Å²) in [4.78, 5) is 12.3. The maximum Gasteiger partial charge on any atom is 0.320 e. The number of nitrogens with zero attached hydrogens (tertiary/aromatic N) is 2. The molecule has 4 rings (SSSR count). The van der Waals surface area contributed by atoms with Crippen LogP contribution in [-0.4, -0.2) is 41.0 Å². The summed E-state index contributed by atoms with van der Waals surface area (Å²) in [6.07, 6.45) is 4.81. The molecule has 3 aliphatic rings. The quantitative estimate of drug-likeness (QED) is 0.885. The van der Waals surface area contributed by atoms with Gasteiger partial charge < -0.3 is 10.1 Å². The van der Waals surface area contributed by atoms with Gasteiger partial charge in [0, 0.05) is 36.2 Å². The highest BCUT2D eigenvalue weighted by Gasteiger charge is 2.65. The maximum atomic E-state index is 12.3. The van der Waals surface area contributed by atoms with Gasteiger partial charge in [-0.1, -0.05) is 12.8 Å². The minimum Gasteiger partial charge on any atom is -0.377 e. The van der Waals surface area contributed by atoms with Crippen molar-refractivity contribution in [3.05, 3.63) is 12.3 Å². The lowest BCUT2D eigenvalue weighted by molar-refractivity contribution is -0.125. The van der Waals surface area contributed by atoms with Crippen LogP contribution in [0.2, 0.25) is 0 Å². The van der Waals surface area contributed by atoms with Gasteiger partial charge in [0.05, 0.1) is 6.10 Å². The summed E-state index contributed by atoms with van der Waals surface area (Å²) in [5, 5.41) is 9.68. The van der Waals surface area contributed by atoms with Crippen molar-refractivity contribution in [1.29, 1.82) is 0 Å². The fourth-order valence-electron chi connectivity index (χ4n) is 4.87. The number of hydrogen-bond donors (Lipinski definition) is 2. The number of amides is 2. The van der Waals surface area contributed by atoms with Crippen molar-refractivity contribution in [2.24, 2.45) is 11.3 Å². The van der Waals surface area contributed by atoms with E-state index in [-0.39, 0.29) is 29.4 Å². The van der Waals surface area contributed by atoms with E-state index in [4.69, 9.17) is 4.74 Å². The third-order valence-corrected chi connectivity index (χ3v) is 5.78. The molecule has 3 atom stereocenters. The molecule has 2 aliphatic carbocycles. The van der Waals surface area contributed by atoms with Crippen molar-refractivity contribution in [3.8, 4) is 0 Å². The first-order valence-electron chi connectivity index (χ1n) is 8.59. The number of carbonyl (C=O) groups is 1. The third kappa shape index (κ3) is 2.56. The normalized spacial score (nSPS) is 30.4. The molecule has 0 unspecified atom stereocenters. The van der Waals surface area contributed by atoms with Crippen molar-refractivity contribution >= 4 is 11.8 Å². The average molecular weight is 340 g/mol. The fourth-order valence-corrected chi connectivity index (χ4v) is 4.87. The number of fused-ring (bicyclic) bond motifs is 2. The Labute approximate surface area is 138 Å². The van der Waals surface area contributed by atoms with Crippen molar-refractivity contribution in [3.63, 3.8) is 0 Å². The number of hydrogen-bond acceptors (Lipinski definition) is 3. The molecule has 2 N–H and O–H groups in total. The van der Waals surface area contributed by atoms with E-state index in [0.29, 0.717) is 5.92 Å². The van der Waals surface area contributed by atoms with E-state index >= 15 is 0 Å². The molecule has 2 heterocycles. The van der Waals surface area contributed by atoms with Crippen LogP contribution in [0.15, 0.2) is 12.3 Å². The number of rotatable bonds is 4. The lowest BCUT2D eigenvalue weighted by atomic mass is 9.54. The van der Waals surface area contributed by atoms with Crippen LogP contribution >= 0.6 is 0 Å². The molecular weight excluding hydrogens is 318 g/mol. The van der Waals surface area contributed by atoms with Crippen molar-refractivity contribution in [2.75, 3.05) is 11.9 Å². The molecule has 132 valence electrons. The molecule has 1 aromatic rings. The van der Waals surface area contributed by atoms with Gasteiger partial charge in [-0.25, -0.2) is 13.6 Å². The molecule has 0 aromatic carbocycles. The number of aromatic nitrogens is 2. The van der Waals surface area contributed by atoms with E-state index in [0.717, 1.165) is 30.6 Å². The van der Waals surface area contributed by atoms with E-state index in [2.05, 4.69) is 15.7 Å². The number of anilines is 1. The summed E-state index contributed by atoms with van der Waals surface area (Å²) in [5.41, 5.74) is 0.0908. The van der Waals surface area contributed by atoms with Crippen molar-refractivity contribution in [2.45, 2.75) is 57.2 Å². The van der Waals surface area contributed by atoms with Gasteiger partial charge in [-0.15, -0.1) is 0 Å². The van der Waals surface area contributed by atoms with Gasteiger partial charge in [-0.3, -0.25) is 10.00 Å². The van der Waals surface area contributed by atoms with Crippen molar-refractivity contribution < 1.29 is 18.3 Å². The molecule has 0 bridgehead atoms. The highest BCUT2D eigenvalue weighted by atomic mass is 19.3. The zero-order valence-corrected chi connectivity index (χ0v) is 13.4. The molecule has 1 saturated heterocycles. The molecule has 3 fully saturated rings. The number of alkyl halides is 2. The third-order valence-electron chi connectivity index (χ3n) is 5.78. The van der Waals surface area contributed by atoms with E-state index in [1.54, 1.807) is 0 Å². The van der Waals surface area contributed by atoms with E-state index in [1.807, 2.05) is 0 Å². The first kappa shape index (κ1) is 15.8. The Morgan fingerprint density at radius 1 is 1.46 bits per heavy atom. The largest absolute Gasteiger partial charge is 0.377 e. The standard InChI is InChI=1S/C16H22F2N4O2/c17-11(18)9-22-7-3-12(21-22)19-15(23)20-13-10-4-8-24-14(10)16(13)5-1-2-6-16/h3,7,10-11,13-14H,1-2,4-6,8-9H2,(H2,19,20,21,23)/t10-,13+,14+/m1/s1. The van der Waals surface area contributed by atoms with Gasteiger partial charge in [0.15, 0.2) is 5.82 Å². The molecule has 8 heteroatoms. The summed E-state index contributed by atoms with van der Waals surface area (Å²) >= 11 is 0. The monoisotopic (exact) mass is 340 g/mol. The maximum absolute atomic E-state index is 12.3. The molecule has 24 heavy (non-hydrogen) atoms. The highest BCUT2D eigenvalue weighted by Crippen LogP contribution is 2.60. The summed E-state index contributed by atoms with van der Waals surface area (Å²) < 4.78 is 31.7. The van der Waals surface area contributed by atoms with E-state index in [9.17, 15) is 13.6 Å². The molecule has 1 aliphatic heterocycles. The Balaban J connectivity index is 1.38. The summed E-state index contributed by atoms with van der Waals surface area (Å²) in [6, 6.07) is 1.34. The predicted molar refractivity (Wildman–Crippen MR) is 82.9 cm³/mol. The van der Waals surface area contributed by atoms with E-state index < -0.39 is 13.0 Å². The van der Waals surface area contributed by atoms with Crippen LogP contribution in [0.25, 0.3) is 0 Å². The average Bonchev–Trinajstić information content (AvgIpc) is 3.24. The van der Waals surface area contributed by atoms with Crippen molar-refractivity contribution in [1.82, 2.24) is 15.1 Å². The first-order chi connectivity index (χ1) is 11.6. The summed E-state index contributed by atoms with van der Waals surface area (Å²) in [6.45, 7) is 0.297. The van der Waals surface area contributed by atoms with Crippen LogP contribution < -0.4 is 10.6 Å². The SMILES string of the molecule is O=C(Nc1ccn(CC(F)F)n1)N[C@H]1[C@H]2CCO[C@@H]2C12CCCC2. The Morgan fingerprint density at radius 2 is 2.25 bits per heavy atom. The lowest BCUT2D eigenvalue weighted by Gasteiger charge is -2.56. The number of ether oxygens (including phenoxy) is 1. The summed E-state index contributed by atoms with van der Waals surface area (Å²) in [7, 11) is 0. The molecule has 1 spiro atoms. The number of nitrogens with one attached hydrogen (secondary N) is 2. The predicted octanol–water partition coefficient (Wildman–Crippen LogP) is 2.62. The Morgan fingerprint density at radius 3 is 3.00 bits per heavy atom. The number of halogens is 2. The lowest BCUT2D eigenvalue weighted by Crippen LogP contribution is -2.68. The van der Waals surface area contributed by atoms with Crippen LogP contribution in [0.5, 0.6) is 0 Å². The van der Waals surface area contributed by atoms with Crippen LogP contribution in [0.1, 0.15) is 32.1 Å². The van der Waals surface area contributed by atoms with Crippen LogP contribution in [0.4, 0.5) is 19.4 Å². The topological polar surface area (TPSA) is 68.2 Å². The van der Waals surface area contributed by atoms with Gasteiger partial charge in [0.1, 0.15) is 6.54 Å². The minimum absolute atomic E-state index is 0.0908. The van der Waals surface area contributed by atoms with Gasteiger partial charge >= 0.3 is 6.03 Å². The second kappa shape index (κ2) is 5.98. The zero-order chi connectivity index (χ0) is 16.7. The molecule has 2 saturated carbocycles. The second-order valence-electron chi connectivity index (χ2n) is 7.07. The van der Waals surface area contributed by atoms with E-state index in [1.165, 1.54) is 25.1 Å². The van der Waals surface area contributed by atoms with Gasteiger partial charge in [-0.05, 0) is 19.3 Å². The number of carbonyl (C=O) groups excluding carboxylic acids is 1. The van der Waals surface area contributed by atoms with Crippen LogP contribution in [-0.2, 0) is 11.3 Å². The van der Waals surface area contributed by atoms with Crippen LogP contribution in [0, 0.1) is 11.3 Å². The second-order valence-corrected chi connectivity index (χ2v) is 7.07. The fraction of sp³-hybridized carbons (Fsp3) is 0.750. The zero-order valence-electron chi connectivity index (χ0n) is 13.4. The molecule has 6 nitrogen and oxygen atoms in total. The Hall–Kier alpha value is -1.70. The van der Waals surface area contributed by atoms with Gasteiger partial charge in [0.2, 0.25) is 0 Å². The highest BCUT2D eigenvalue weighted by molar-refractivity contribution is 5.88. The Kier molecular flexibility index (Phi) is 3.94.